The molecule has 0 amide bonds. The zero-order valence-electron chi connectivity index (χ0n) is 25.3. The van der Waals surface area contributed by atoms with Crippen LogP contribution in [0.25, 0.3) is 0 Å². The second-order valence-corrected chi connectivity index (χ2v) is 3.20. The van der Waals surface area contributed by atoms with Crippen molar-refractivity contribution in [2.75, 3.05) is 7.11 Å². The van der Waals surface area contributed by atoms with Gasteiger partial charge >= 0.3 is 5.97 Å². The maximum Gasteiger partial charge on any atom is 0.342 e. The Morgan fingerprint density at radius 3 is 2.61 bits per heavy atom. The summed E-state index contributed by atoms with van der Waals surface area (Å²) >= 11 is 0. The zero-order valence-corrected chi connectivity index (χ0v) is 9.26. The van der Waals surface area contributed by atoms with E-state index < -0.39 is 85.1 Å². The molecule has 0 aliphatic heterocycles. The van der Waals surface area contributed by atoms with Crippen LogP contribution in [0.1, 0.15) is 59.4 Å². The van der Waals surface area contributed by atoms with E-state index >= 15 is 0 Å². The van der Waals surface area contributed by atoms with Crippen molar-refractivity contribution in [1.82, 2.24) is 0 Å². The number of carbonyl (C=O) groups excluding carboxylic acids is 1. The molecule has 1 atom stereocenters. The normalized spacial score (nSPS) is 48.8. The molecule has 1 saturated carbocycles. The highest BCUT2D eigenvalue weighted by molar-refractivity contribution is 5.81. The monoisotopic (exact) mass is 264 g/mol. The quantitative estimate of drug-likeness (QED) is 0.854. The van der Waals surface area contributed by atoms with Crippen LogP contribution in [0, 0.1) is 5.89 Å². The van der Waals surface area contributed by atoms with Gasteiger partial charge in [0.2, 0.25) is 0 Å². The SMILES string of the molecule is [2H]c1c([2H])c([2H])c(C(O)(C(=O)OC)C2([2H])C([2H])([2H])C([2H])([2H])C([2H])([2H])C([2H])([2H])C2([2H])[2H])c([2H])c1[2H]. The first-order valence-electron chi connectivity index (χ1n) is 12.8. The summed E-state index contributed by atoms with van der Waals surface area (Å²) in [6, 6.07) is -6.22. The fraction of sp³-hybridized carbons (Fsp3) is 0.533. The van der Waals surface area contributed by atoms with Crippen LogP contribution in [-0.2, 0) is 15.1 Å². The Balaban J connectivity index is 3.29. The van der Waals surface area contributed by atoms with Crippen LogP contribution in [0.4, 0.5) is 0 Å². The van der Waals surface area contributed by atoms with Gasteiger partial charge < -0.3 is 9.84 Å². The Morgan fingerprint density at radius 2 is 2.06 bits per heavy atom. The summed E-state index contributed by atoms with van der Waals surface area (Å²) in [7, 11) is 0.558. The smallest absolute Gasteiger partial charge is 0.342 e. The molecule has 0 aromatic heterocycles. The number of carbonyl (C=O) groups is 1. The summed E-state index contributed by atoms with van der Waals surface area (Å²) in [5.74, 6) is -6.59. The van der Waals surface area contributed by atoms with E-state index in [2.05, 4.69) is 4.74 Å². The van der Waals surface area contributed by atoms with Gasteiger partial charge in [0.05, 0.1) is 14.0 Å². The number of ether oxygens (including phenoxy) is 1. The summed E-state index contributed by atoms with van der Waals surface area (Å²) in [5.41, 5.74) is -5.85. The van der Waals surface area contributed by atoms with Gasteiger partial charge in [0.15, 0.2) is 5.60 Å². The Kier molecular flexibility index (Phi) is 1.11. The van der Waals surface area contributed by atoms with Crippen molar-refractivity contribution in [3.05, 3.63) is 35.8 Å². The van der Waals surface area contributed by atoms with Crippen molar-refractivity contribution >= 4 is 5.97 Å². The lowest BCUT2D eigenvalue weighted by molar-refractivity contribution is -0.172. The summed E-state index contributed by atoms with van der Waals surface area (Å²) in [4.78, 5) is 12.9. The molecule has 0 heterocycles. The Bertz CT molecular complexity index is 992. The van der Waals surface area contributed by atoms with Gasteiger partial charge in [-0.25, -0.2) is 4.79 Å². The third-order valence-corrected chi connectivity index (χ3v) is 2.20. The van der Waals surface area contributed by atoms with E-state index in [9.17, 15) is 9.90 Å². The predicted octanol–water partition coefficient (Wildman–Crippen LogP) is 2.63. The fourth-order valence-corrected chi connectivity index (χ4v) is 1.34. The predicted molar refractivity (Wildman–Crippen MR) is 68.9 cm³/mol. The molecule has 3 heteroatoms. The number of hydrogen-bond acceptors (Lipinski definition) is 3. The van der Waals surface area contributed by atoms with Crippen LogP contribution in [0.5, 0.6) is 0 Å². The first-order valence-corrected chi connectivity index (χ1v) is 4.79. The number of benzene rings is 1. The minimum Gasteiger partial charge on any atom is -0.467 e. The lowest BCUT2D eigenvalue weighted by Gasteiger charge is -2.36. The van der Waals surface area contributed by atoms with Crippen molar-refractivity contribution in [1.29, 1.82) is 0 Å². The average Bonchev–Trinajstić information content (AvgIpc) is 2.73. The molecular formula is C15H20O3. The first kappa shape index (κ1) is 3.60. The highest BCUT2D eigenvalue weighted by atomic mass is 16.5. The molecule has 1 aliphatic rings. The second kappa shape index (κ2) is 5.53. The molecule has 1 aliphatic carbocycles. The first-order chi connectivity index (χ1) is 14.9. The number of hydrogen-bond donors (Lipinski definition) is 1. The molecule has 2 rings (SSSR count). The van der Waals surface area contributed by atoms with E-state index in [4.69, 9.17) is 21.9 Å². The molecule has 0 saturated heterocycles. The standard InChI is InChI=1S/C15H20O3/c1-18-14(16)15(17,12-8-4-2-5-9-12)13-10-6-3-7-11-13/h2,4-5,8-9,13,17H,3,6-7,10-11H2,1H3/i2D,3D2,4D,5D,6D2,7D2,8D,9D,10D2,11D2,13D. The maximum atomic E-state index is 12.9. The van der Waals surface area contributed by atoms with Crippen LogP contribution in [0.15, 0.2) is 30.2 Å². The summed E-state index contributed by atoms with van der Waals surface area (Å²) in [6.45, 7) is 0. The summed E-state index contributed by atoms with van der Waals surface area (Å²) < 4.78 is 133. The topological polar surface area (TPSA) is 46.5 Å². The Morgan fingerprint density at radius 1 is 1.44 bits per heavy atom. The van der Waals surface area contributed by atoms with Crippen LogP contribution in [-0.4, -0.2) is 18.2 Å². The third-order valence-electron chi connectivity index (χ3n) is 2.20. The third kappa shape index (κ3) is 2.27. The van der Waals surface area contributed by atoms with Gasteiger partial charge in [-0.1, -0.05) is 49.3 Å². The molecule has 0 spiro atoms. The van der Waals surface area contributed by atoms with E-state index in [1.54, 1.807) is 0 Å². The van der Waals surface area contributed by atoms with Gasteiger partial charge in [0.25, 0.3) is 0 Å². The van der Waals surface area contributed by atoms with Gasteiger partial charge in [-0.15, -0.1) is 0 Å². The van der Waals surface area contributed by atoms with Crippen molar-refractivity contribution in [2.45, 2.75) is 37.5 Å². The lowest BCUT2D eigenvalue weighted by Crippen LogP contribution is -2.44. The molecule has 0 radical (unpaired) electrons. The average molecular weight is 264 g/mol. The van der Waals surface area contributed by atoms with E-state index in [1.807, 2.05) is 0 Å². The number of methoxy groups -OCH3 is 1. The van der Waals surface area contributed by atoms with Gasteiger partial charge in [0, 0.05) is 21.0 Å². The highest BCUT2D eigenvalue weighted by Crippen LogP contribution is 2.40. The second-order valence-electron chi connectivity index (χ2n) is 3.20. The Hall–Kier alpha value is -1.35. The molecule has 98 valence electrons. The number of rotatable bonds is 3. The van der Waals surface area contributed by atoms with E-state index in [1.165, 1.54) is 0 Å². The zero-order chi connectivity index (χ0) is 27.2. The van der Waals surface area contributed by atoms with Crippen LogP contribution in [0.2, 0.25) is 0 Å². The maximum absolute atomic E-state index is 12.9. The molecule has 1 aromatic carbocycles. The largest absolute Gasteiger partial charge is 0.467 e. The molecule has 1 fully saturated rings. The van der Waals surface area contributed by atoms with Crippen LogP contribution >= 0.6 is 0 Å². The number of aliphatic hydroxyl groups is 1. The molecule has 1 N–H and O–H groups in total. The molecule has 18 heavy (non-hydrogen) atoms. The van der Waals surface area contributed by atoms with Crippen molar-refractivity contribution < 1.29 is 36.6 Å². The van der Waals surface area contributed by atoms with Crippen molar-refractivity contribution in [3.63, 3.8) is 0 Å². The van der Waals surface area contributed by atoms with Crippen LogP contribution in [0.3, 0.4) is 0 Å². The van der Waals surface area contributed by atoms with Gasteiger partial charge in [-0.2, -0.15) is 0 Å². The molecule has 1 unspecified atom stereocenters. The van der Waals surface area contributed by atoms with E-state index in [0.717, 1.165) is 0 Å². The van der Waals surface area contributed by atoms with Crippen molar-refractivity contribution in [3.8, 4) is 0 Å². The van der Waals surface area contributed by atoms with E-state index in [0.29, 0.717) is 7.11 Å². The lowest BCUT2D eigenvalue weighted by atomic mass is 9.73. The fourth-order valence-electron chi connectivity index (χ4n) is 1.34. The highest BCUT2D eigenvalue weighted by Gasteiger charge is 2.46. The Labute approximate surface area is 130 Å². The van der Waals surface area contributed by atoms with Crippen molar-refractivity contribution in [2.24, 2.45) is 5.89 Å². The minimum atomic E-state index is -4.42. The molecule has 0 bridgehead atoms. The van der Waals surface area contributed by atoms with Gasteiger partial charge in [0.1, 0.15) is 0 Å². The number of esters is 1. The summed E-state index contributed by atoms with van der Waals surface area (Å²) in [6.07, 6.45) is -20.8. The molecular weight excluding hydrogens is 228 g/mol. The van der Waals surface area contributed by atoms with Gasteiger partial charge in [-0.05, 0) is 18.3 Å². The molecule has 3 nitrogen and oxygen atoms in total. The summed E-state index contributed by atoms with van der Waals surface area (Å²) in [5, 5.41) is 11.6. The van der Waals surface area contributed by atoms with Crippen LogP contribution < -0.4 is 0 Å². The molecule has 1 aromatic rings. The minimum absolute atomic E-state index is 0.558. The van der Waals surface area contributed by atoms with Gasteiger partial charge in [-0.3, -0.25) is 0 Å². The van der Waals surface area contributed by atoms with E-state index in [-0.39, 0.29) is 0 Å².